The number of benzene rings is 1. The second-order valence-corrected chi connectivity index (χ2v) is 14.4. The number of thiophene rings is 1. The minimum Gasteiger partial charge on any atom is -0.542 e. The van der Waals surface area contributed by atoms with Crippen molar-refractivity contribution in [2.45, 2.75) is 38.9 Å². The van der Waals surface area contributed by atoms with Gasteiger partial charge in [-0.1, -0.05) is 36.7 Å². The van der Waals surface area contributed by atoms with Crippen LogP contribution < -0.4 is 4.43 Å². The van der Waals surface area contributed by atoms with Crippen molar-refractivity contribution in [3.05, 3.63) is 39.9 Å². The summed E-state index contributed by atoms with van der Waals surface area (Å²) < 4.78 is 9.15. The third kappa shape index (κ3) is 3.45. The normalized spacial score (nSPS) is 12.5. The molecule has 0 aliphatic carbocycles. The van der Waals surface area contributed by atoms with Crippen LogP contribution in [0.5, 0.6) is 5.75 Å². The summed E-state index contributed by atoms with van der Waals surface area (Å²) in [6.45, 7) is 10.6. The molecule has 8 heteroatoms. The highest BCUT2D eigenvalue weighted by Crippen LogP contribution is 2.41. The van der Waals surface area contributed by atoms with E-state index in [-0.39, 0.29) is 9.92 Å². The van der Waals surface area contributed by atoms with Gasteiger partial charge in [0.1, 0.15) is 17.1 Å². The molecule has 5 nitrogen and oxygen atoms in total. The molecule has 2 aromatic heterocycles. The van der Waals surface area contributed by atoms with Crippen molar-refractivity contribution >= 4 is 52.6 Å². The number of imidazole rings is 1. The smallest absolute Gasteiger partial charge is 0.349 e. The number of hydrogen-bond acceptors (Lipinski definition) is 4. The van der Waals surface area contributed by atoms with Gasteiger partial charge in [0, 0.05) is 10.5 Å². The Labute approximate surface area is 165 Å². The van der Waals surface area contributed by atoms with Gasteiger partial charge in [0.2, 0.25) is 0 Å². The maximum Gasteiger partial charge on any atom is 0.349 e. The zero-order chi connectivity index (χ0) is 19.3. The van der Waals surface area contributed by atoms with E-state index in [0.717, 1.165) is 20.5 Å². The molecule has 3 aromatic rings. The lowest BCUT2D eigenvalue weighted by Gasteiger charge is -2.36. The monoisotopic (exact) mass is 452 g/mol. The van der Waals surface area contributed by atoms with Crippen LogP contribution in [-0.2, 0) is 0 Å². The minimum absolute atomic E-state index is 0.0150. The Hall–Kier alpha value is -1.64. The summed E-state index contributed by atoms with van der Waals surface area (Å²) in [6, 6.07) is 7.66. The first-order valence-corrected chi connectivity index (χ1v) is 12.7. The van der Waals surface area contributed by atoms with Crippen molar-refractivity contribution in [2.75, 3.05) is 0 Å². The fourth-order valence-corrected chi connectivity index (χ4v) is 4.64. The average Bonchev–Trinajstić information content (AvgIpc) is 3.08. The molecule has 0 spiro atoms. The van der Waals surface area contributed by atoms with E-state index in [1.807, 2.05) is 28.8 Å². The first kappa shape index (κ1) is 19.1. The molecular formula is C18H21BrN2O3SSi. The summed E-state index contributed by atoms with van der Waals surface area (Å²) in [6.07, 6.45) is 1.71. The molecule has 0 radical (unpaired) electrons. The minimum atomic E-state index is -2.14. The highest BCUT2D eigenvalue weighted by atomic mass is 79.9. The summed E-state index contributed by atoms with van der Waals surface area (Å²) in [5.74, 6) is -0.523. The highest BCUT2D eigenvalue weighted by Gasteiger charge is 2.40. The van der Waals surface area contributed by atoms with Gasteiger partial charge in [-0.05, 0) is 36.3 Å². The Balaban J connectivity index is 2.08. The van der Waals surface area contributed by atoms with Gasteiger partial charge >= 0.3 is 5.97 Å². The Morgan fingerprint density at radius 1 is 1.31 bits per heavy atom. The zero-order valence-electron chi connectivity index (χ0n) is 15.3. The van der Waals surface area contributed by atoms with Gasteiger partial charge in [0.05, 0.1) is 11.0 Å². The third-order valence-corrected chi connectivity index (χ3v) is 10.7. The van der Waals surface area contributed by atoms with E-state index in [1.54, 1.807) is 6.33 Å². The van der Waals surface area contributed by atoms with Crippen LogP contribution in [0, 0.1) is 0 Å². The molecule has 0 saturated carbocycles. The van der Waals surface area contributed by atoms with Crippen molar-refractivity contribution < 1.29 is 14.3 Å². The van der Waals surface area contributed by atoms with Crippen molar-refractivity contribution in [2.24, 2.45) is 0 Å². The van der Waals surface area contributed by atoms with Crippen LogP contribution in [-0.4, -0.2) is 28.9 Å². The van der Waals surface area contributed by atoms with Gasteiger partial charge in [-0.25, -0.2) is 9.78 Å². The molecule has 3 rings (SSSR count). The Kier molecular flexibility index (Phi) is 4.79. The van der Waals surface area contributed by atoms with Crippen LogP contribution in [0.15, 0.2) is 35.1 Å². The summed E-state index contributed by atoms with van der Waals surface area (Å²) in [5, 5.41) is 10.4. The molecule has 1 aromatic carbocycles. The molecule has 0 atom stereocenters. The summed E-state index contributed by atoms with van der Waals surface area (Å²) >= 11 is 4.65. The Bertz CT molecular complexity index is 988. The lowest BCUT2D eigenvalue weighted by molar-refractivity contribution is 0.0700. The number of nitrogens with zero attached hydrogens (tertiary/aromatic N) is 2. The largest absolute Gasteiger partial charge is 0.542 e. The van der Waals surface area contributed by atoms with E-state index in [0.29, 0.717) is 5.75 Å². The average molecular weight is 453 g/mol. The SMILES string of the molecule is CC(C)(C)[Si](C)(C)Oc1cc(-n2cnc3cc(Br)ccc32)sc1C(=O)O. The van der Waals surface area contributed by atoms with E-state index in [9.17, 15) is 9.90 Å². The summed E-state index contributed by atoms with van der Waals surface area (Å²) in [4.78, 5) is 16.4. The van der Waals surface area contributed by atoms with Crippen LogP contribution in [0.25, 0.3) is 16.0 Å². The molecule has 0 aliphatic heterocycles. The molecule has 0 bridgehead atoms. The molecule has 138 valence electrons. The maximum atomic E-state index is 11.8. The van der Waals surface area contributed by atoms with E-state index >= 15 is 0 Å². The van der Waals surface area contributed by atoms with Crippen LogP contribution in [0.3, 0.4) is 0 Å². The quantitative estimate of drug-likeness (QED) is 0.497. The van der Waals surface area contributed by atoms with Gasteiger partial charge in [-0.15, -0.1) is 11.3 Å². The molecular weight excluding hydrogens is 432 g/mol. The summed E-state index contributed by atoms with van der Waals surface area (Å²) in [7, 11) is -2.14. The molecule has 0 unspecified atom stereocenters. The molecule has 0 amide bonds. The molecule has 26 heavy (non-hydrogen) atoms. The first-order valence-electron chi connectivity index (χ1n) is 8.19. The Morgan fingerprint density at radius 3 is 2.62 bits per heavy atom. The number of carbonyl (C=O) groups is 1. The topological polar surface area (TPSA) is 64.4 Å². The number of aromatic carboxylic acids is 1. The molecule has 0 saturated heterocycles. The predicted octanol–water partition coefficient (Wildman–Crippen LogP) is 5.93. The van der Waals surface area contributed by atoms with Crippen molar-refractivity contribution in [1.82, 2.24) is 9.55 Å². The second kappa shape index (κ2) is 6.51. The Morgan fingerprint density at radius 2 is 2.00 bits per heavy atom. The lowest BCUT2D eigenvalue weighted by Crippen LogP contribution is -2.44. The molecule has 1 N–H and O–H groups in total. The molecule has 2 heterocycles. The van der Waals surface area contributed by atoms with Gasteiger partial charge in [0.25, 0.3) is 8.32 Å². The van der Waals surface area contributed by atoms with Gasteiger partial charge in [-0.3, -0.25) is 4.57 Å². The number of halogens is 1. The fourth-order valence-electron chi connectivity index (χ4n) is 2.30. The maximum absolute atomic E-state index is 11.8. The number of carboxylic acid groups (broad SMARTS) is 1. The van der Waals surface area contributed by atoms with Crippen LogP contribution >= 0.6 is 27.3 Å². The van der Waals surface area contributed by atoms with Crippen LogP contribution in [0.4, 0.5) is 0 Å². The highest BCUT2D eigenvalue weighted by molar-refractivity contribution is 9.10. The molecule has 0 fully saturated rings. The van der Waals surface area contributed by atoms with Gasteiger partial charge in [-0.2, -0.15) is 0 Å². The van der Waals surface area contributed by atoms with Crippen molar-refractivity contribution in [3.63, 3.8) is 0 Å². The third-order valence-electron chi connectivity index (χ3n) is 4.80. The summed E-state index contributed by atoms with van der Waals surface area (Å²) in [5.41, 5.74) is 1.77. The number of hydrogen-bond donors (Lipinski definition) is 1. The number of rotatable bonds is 4. The van der Waals surface area contributed by atoms with Crippen molar-refractivity contribution in [3.8, 4) is 10.8 Å². The van der Waals surface area contributed by atoms with E-state index in [2.05, 4.69) is 54.8 Å². The van der Waals surface area contributed by atoms with Crippen LogP contribution in [0.1, 0.15) is 30.4 Å². The second-order valence-electron chi connectivity index (χ2n) is 7.69. The molecule has 0 aliphatic rings. The zero-order valence-corrected chi connectivity index (χ0v) is 18.7. The van der Waals surface area contributed by atoms with Crippen LogP contribution in [0.2, 0.25) is 18.1 Å². The van der Waals surface area contributed by atoms with Gasteiger partial charge in [0.15, 0.2) is 4.88 Å². The number of aromatic nitrogens is 2. The van der Waals surface area contributed by atoms with E-state index in [4.69, 9.17) is 4.43 Å². The van der Waals surface area contributed by atoms with E-state index < -0.39 is 14.3 Å². The standard InChI is InChI=1S/C18H21BrN2O3SSi/c1-18(2,3)26(4,5)24-14-9-15(25-16(14)17(22)23)21-10-20-12-8-11(19)6-7-13(12)21/h6-10H,1-5H3,(H,22,23). The number of carboxylic acids is 1. The van der Waals surface area contributed by atoms with E-state index in [1.165, 1.54) is 11.3 Å². The fraction of sp³-hybridized carbons (Fsp3) is 0.333. The number of fused-ring (bicyclic) bond motifs is 1. The van der Waals surface area contributed by atoms with Gasteiger partial charge < -0.3 is 9.53 Å². The first-order chi connectivity index (χ1) is 12.0. The van der Waals surface area contributed by atoms with Crippen molar-refractivity contribution in [1.29, 1.82) is 0 Å². The lowest BCUT2D eigenvalue weighted by atomic mass is 10.2. The predicted molar refractivity (Wildman–Crippen MR) is 111 cm³/mol.